The standard InChI is InChI=1S/C82H78N4OSi/c1-79(2,3)58-42-43-83-76(50-58)86-72-38-25-35-69-68-32-19-22-39-74(68)88(78(69)72,65-30-17-14-18-31-65)75-41-40-64(52-73(75)86)87-63-29-23-28-62(51-63)84-53-85(71-37-21-20-36-70(71)84)77-66(54-26-15-13-16-27-54)33-24-34-67(77)57-44-55(45-59(48-57)80(4,5)6)56-46-60(81(7,8)9)49-61(47-56)82(10,11)12/h13-52H,53H2,1-12H3/i13D,15D,16D,26D,27D. The van der Waals surface area contributed by atoms with Gasteiger partial charge in [-0.15, -0.1) is 0 Å². The van der Waals surface area contributed by atoms with Crippen molar-refractivity contribution < 1.29 is 11.6 Å². The second-order valence-electron chi connectivity index (χ2n) is 28.2. The largest absolute Gasteiger partial charge is 0.457 e. The smallest absolute Gasteiger partial charge is 0.185 e. The zero-order chi connectivity index (χ0) is 65.4. The highest BCUT2D eigenvalue weighted by molar-refractivity contribution is 7.23. The molecule has 1 atom stereocenters. The van der Waals surface area contributed by atoms with E-state index in [-0.39, 0.29) is 51.4 Å². The number of hydrogen-bond donors (Lipinski definition) is 0. The summed E-state index contributed by atoms with van der Waals surface area (Å²) in [4.78, 5) is 12.1. The molecule has 0 fully saturated rings. The highest BCUT2D eigenvalue weighted by Crippen LogP contribution is 2.52. The van der Waals surface area contributed by atoms with E-state index in [0.29, 0.717) is 23.7 Å². The normalized spacial score (nSPS) is 16.0. The van der Waals surface area contributed by atoms with E-state index >= 15 is 0 Å². The zero-order valence-corrected chi connectivity index (χ0v) is 53.6. The Bertz CT molecular complexity index is 4780. The first-order valence-corrected chi connectivity index (χ1v) is 32.9. The summed E-state index contributed by atoms with van der Waals surface area (Å²) in [6, 6.07) is 72.7. The summed E-state index contributed by atoms with van der Waals surface area (Å²) in [6.07, 6.45) is 1.94. The number of hydrogen-bond acceptors (Lipinski definition) is 5. The lowest BCUT2D eigenvalue weighted by molar-refractivity contribution is 0.483. The summed E-state index contributed by atoms with van der Waals surface area (Å²) in [5.41, 5.74) is 17.1. The second-order valence-corrected chi connectivity index (χ2v) is 31.8. The van der Waals surface area contributed by atoms with Gasteiger partial charge < -0.3 is 14.5 Å². The molecule has 1 unspecified atom stereocenters. The number of nitrogens with zero attached hydrogens (tertiary/aromatic N) is 4. The first-order valence-electron chi connectivity index (χ1n) is 33.4. The summed E-state index contributed by atoms with van der Waals surface area (Å²) >= 11 is 0. The molecule has 0 bridgehead atoms. The number of pyridine rings is 1. The lowest BCUT2D eigenvalue weighted by atomic mass is 9.78. The van der Waals surface area contributed by atoms with Crippen molar-refractivity contribution in [2.24, 2.45) is 0 Å². The molecule has 1 aromatic heterocycles. The third kappa shape index (κ3) is 9.64. The molecule has 6 heteroatoms. The fourth-order valence-electron chi connectivity index (χ4n) is 13.6. The number of para-hydroxylation sites is 3. The molecule has 0 spiro atoms. The van der Waals surface area contributed by atoms with Gasteiger partial charge in [-0.05, 0) is 153 Å². The molecule has 3 aliphatic heterocycles. The number of benzene rings is 10. The summed E-state index contributed by atoms with van der Waals surface area (Å²) in [5.74, 6) is 2.18. The topological polar surface area (TPSA) is 31.8 Å². The van der Waals surface area contributed by atoms with Crippen LogP contribution in [0.25, 0.3) is 44.5 Å². The number of fused-ring (bicyclic) bond motifs is 6. The molecule has 5 nitrogen and oxygen atoms in total. The Kier molecular flexibility index (Phi) is 12.1. The van der Waals surface area contributed by atoms with Gasteiger partial charge >= 0.3 is 0 Å². The van der Waals surface area contributed by atoms with Gasteiger partial charge in [0, 0.05) is 40.8 Å². The minimum atomic E-state index is -2.93. The Morgan fingerprint density at radius 1 is 0.409 bits per heavy atom. The number of rotatable bonds is 9. The summed E-state index contributed by atoms with van der Waals surface area (Å²) in [6.45, 7) is 27.4. The Morgan fingerprint density at radius 3 is 1.67 bits per heavy atom. The predicted octanol–water partition coefficient (Wildman–Crippen LogP) is 19.5. The lowest BCUT2D eigenvalue weighted by Crippen LogP contribution is -2.75. The van der Waals surface area contributed by atoms with Crippen molar-refractivity contribution in [3.8, 4) is 56.0 Å². The lowest BCUT2D eigenvalue weighted by Gasteiger charge is -2.43. The third-order valence-corrected chi connectivity index (χ3v) is 23.2. The van der Waals surface area contributed by atoms with Gasteiger partial charge in [-0.2, -0.15) is 0 Å². The van der Waals surface area contributed by atoms with E-state index in [1.165, 1.54) is 48.6 Å². The van der Waals surface area contributed by atoms with Crippen molar-refractivity contribution in [1.29, 1.82) is 0 Å². The molecule has 436 valence electrons. The minimum absolute atomic E-state index is 0.109. The highest BCUT2D eigenvalue weighted by atomic mass is 28.3. The predicted molar refractivity (Wildman–Crippen MR) is 375 cm³/mol. The maximum absolute atomic E-state index is 9.50. The van der Waals surface area contributed by atoms with Crippen molar-refractivity contribution in [2.75, 3.05) is 21.4 Å². The van der Waals surface area contributed by atoms with Crippen molar-refractivity contribution in [3.63, 3.8) is 0 Å². The van der Waals surface area contributed by atoms with Gasteiger partial charge in [-0.1, -0.05) is 253 Å². The van der Waals surface area contributed by atoms with E-state index < -0.39 is 14.1 Å². The monoisotopic (exact) mass is 1170 g/mol. The average molecular weight is 1170 g/mol. The van der Waals surface area contributed by atoms with Gasteiger partial charge in [0.15, 0.2) is 8.07 Å². The Hall–Kier alpha value is -9.23. The van der Waals surface area contributed by atoms with Crippen LogP contribution in [0.3, 0.4) is 0 Å². The molecule has 14 rings (SSSR count). The quantitative estimate of drug-likeness (QED) is 0.135. The van der Waals surface area contributed by atoms with E-state index in [1.807, 2.05) is 36.5 Å². The van der Waals surface area contributed by atoms with Gasteiger partial charge in [0.25, 0.3) is 0 Å². The van der Waals surface area contributed by atoms with Crippen LogP contribution in [0, 0.1) is 0 Å². The van der Waals surface area contributed by atoms with Crippen LogP contribution in [0.1, 0.15) is 112 Å². The summed E-state index contributed by atoms with van der Waals surface area (Å²) in [7, 11) is -2.93. The average Bonchev–Trinajstić information content (AvgIpc) is 1.55. The molecule has 3 aliphatic rings. The number of ether oxygens (including phenoxy) is 1. The molecule has 4 heterocycles. The first kappa shape index (κ1) is 50.9. The molecule has 0 amide bonds. The molecule has 0 saturated heterocycles. The van der Waals surface area contributed by atoms with E-state index in [0.717, 1.165) is 67.8 Å². The number of aromatic nitrogens is 1. The molecule has 0 N–H and O–H groups in total. The summed E-state index contributed by atoms with van der Waals surface area (Å²) in [5, 5.41) is 5.34. The molecular weight excluding hydrogens is 1090 g/mol. The Balaban J connectivity index is 0.913. The SMILES string of the molecule is [2H]c1c([2H])c([2H])c(-c2cccc(-c3cc(-c4cc(C(C)(C)C)cc(C(C)(C)C)c4)cc(C(C)(C)C)c3)c2N2CN(c3cccc(Oc4ccc5c(c4)N(c4cc(C(C)(C)C)ccn4)c4cccc6c4[Si]5(c4ccccc4)c4ccccc4-6)c3)c3ccccc32)c([2H])c1[2H]. The van der Waals surface area contributed by atoms with Gasteiger partial charge in [0.2, 0.25) is 0 Å². The first-order chi connectivity index (χ1) is 44.2. The second kappa shape index (κ2) is 21.0. The summed E-state index contributed by atoms with van der Waals surface area (Å²) < 4.78 is 52.8. The molecule has 0 radical (unpaired) electrons. The molecule has 10 aromatic carbocycles. The van der Waals surface area contributed by atoms with Gasteiger partial charge in [0.1, 0.15) is 24.0 Å². The van der Waals surface area contributed by atoms with Crippen LogP contribution in [0.2, 0.25) is 0 Å². The van der Waals surface area contributed by atoms with Crippen LogP contribution in [-0.2, 0) is 21.7 Å². The highest BCUT2D eigenvalue weighted by Gasteiger charge is 2.55. The van der Waals surface area contributed by atoms with Crippen LogP contribution in [0.5, 0.6) is 11.5 Å². The van der Waals surface area contributed by atoms with Crippen LogP contribution in [-0.4, -0.2) is 19.7 Å². The Labute approximate surface area is 529 Å². The molecule has 11 aromatic rings. The van der Waals surface area contributed by atoms with Gasteiger partial charge in [-0.3, -0.25) is 4.90 Å². The minimum Gasteiger partial charge on any atom is -0.457 e. The van der Waals surface area contributed by atoms with Crippen molar-refractivity contribution in [1.82, 2.24) is 4.98 Å². The van der Waals surface area contributed by atoms with Gasteiger partial charge in [0.05, 0.1) is 29.6 Å². The van der Waals surface area contributed by atoms with Crippen LogP contribution in [0.15, 0.2) is 243 Å². The van der Waals surface area contributed by atoms with E-state index in [2.05, 4.69) is 274 Å². The Morgan fingerprint density at radius 2 is 0.966 bits per heavy atom. The van der Waals surface area contributed by atoms with Crippen molar-refractivity contribution in [3.05, 3.63) is 265 Å². The fraction of sp³-hybridized carbons (Fsp3) is 0.207. The maximum atomic E-state index is 9.50. The van der Waals surface area contributed by atoms with Crippen molar-refractivity contribution in [2.45, 2.75) is 105 Å². The molecule has 0 saturated carbocycles. The van der Waals surface area contributed by atoms with Crippen LogP contribution < -0.4 is 40.2 Å². The molecule has 88 heavy (non-hydrogen) atoms. The van der Waals surface area contributed by atoms with Crippen LogP contribution in [0.4, 0.5) is 39.9 Å². The molecule has 0 aliphatic carbocycles. The maximum Gasteiger partial charge on any atom is 0.185 e. The number of anilines is 7. The van der Waals surface area contributed by atoms with Crippen LogP contribution >= 0.6 is 0 Å². The third-order valence-electron chi connectivity index (χ3n) is 18.2. The van der Waals surface area contributed by atoms with E-state index in [1.54, 1.807) is 0 Å². The molecular formula is C82H78N4OSi. The van der Waals surface area contributed by atoms with Crippen molar-refractivity contribution >= 4 is 68.8 Å². The van der Waals surface area contributed by atoms with Gasteiger partial charge in [-0.25, -0.2) is 4.98 Å². The van der Waals surface area contributed by atoms with E-state index in [9.17, 15) is 2.74 Å². The fourth-order valence-corrected chi connectivity index (χ4v) is 19.1. The zero-order valence-electron chi connectivity index (χ0n) is 57.6. The van der Waals surface area contributed by atoms with E-state index in [4.69, 9.17) is 13.8 Å².